The molecule has 3 heteroatoms. The van der Waals surface area contributed by atoms with Crippen LogP contribution in [0, 0.1) is 5.92 Å². The molecule has 2 aromatic rings. The van der Waals surface area contributed by atoms with Gasteiger partial charge in [-0.15, -0.1) is 0 Å². The molecular weight excluding hydrogens is 274 g/mol. The average molecular weight is 295 g/mol. The number of carbonyl (C=O) groups excluding carboxylic acids is 1. The van der Waals surface area contributed by atoms with Gasteiger partial charge in [0.2, 0.25) is 0 Å². The van der Waals surface area contributed by atoms with Crippen LogP contribution in [0.25, 0.3) is 0 Å². The van der Waals surface area contributed by atoms with Crippen molar-refractivity contribution >= 4 is 5.78 Å². The maximum atomic E-state index is 12.1. The van der Waals surface area contributed by atoms with Gasteiger partial charge in [-0.05, 0) is 11.1 Å². The number of nitrogens with zero attached hydrogens (tertiary/aromatic N) is 1. The molecule has 2 aromatic carbocycles. The van der Waals surface area contributed by atoms with Crippen molar-refractivity contribution in [2.75, 3.05) is 19.7 Å². The fraction of sp³-hybridized carbons (Fsp3) is 0.316. The van der Waals surface area contributed by atoms with Crippen LogP contribution in [0.15, 0.2) is 60.7 Å². The van der Waals surface area contributed by atoms with E-state index in [2.05, 4.69) is 29.2 Å². The minimum Gasteiger partial charge on any atom is -0.389 e. The molecule has 0 saturated carbocycles. The van der Waals surface area contributed by atoms with Crippen molar-refractivity contribution in [1.82, 2.24) is 4.90 Å². The second kappa shape index (κ2) is 6.86. The largest absolute Gasteiger partial charge is 0.389 e. The molecule has 0 radical (unpaired) electrons. The molecule has 0 spiro atoms. The van der Waals surface area contributed by atoms with Gasteiger partial charge in [-0.25, -0.2) is 0 Å². The molecule has 1 heterocycles. The first-order chi connectivity index (χ1) is 10.8. The van der Waals surface area contributed by atoms with Crippen LogP contribution in [0.5, 0.6) is 0 Å². The molecule has 1 fully saturated rings. The minimum absolute atomic E-state index is 0.0515. The van der Waals surface area contributed by atoms with Gasteiger partial charge < -0.3 is 5.11 Å². The molecule has 0 aliphatic carbocycles. The van der Waals surface area contributed by atoms with Gasteiger partial charge in [0.05, 0.1) is 0 Å². The maximum Gasteiger partial charge on any atom is 0.163 e. The van der Waals surface area contributed by atoms with E-state index in [4.69, 9.17) is 0 Å². The summed E-state index contributed by atoms with van der Waals surface area (Å²) < 4.78 is 0. The lowest BCUT2D eigenvalue weighted by Crippen LogP contribution is -2.25. The van der Waals surface area contributed by atoms with Crippen molar-refractivity contribution in [3.8, 4) is 0 Å². The van der Waals surface area contributed by atoms with Crippen molar-refractivity contribution in [2.45, 2.75) is 12.5 Å². The molecule has 0 amide bonds. The van der Waals surface area contributed by atoms with Crippen LogP contribution in [0.4, 0.5) is 0 Å². The number of hydrogen-bond donors (Lipinski definition) is 1. The van der Waals surface area contributed by atoms with Crippen LogP contribution in [0.3, 0.4) is 0 Å². The lowest BCUT2D eigenvalue weighted by Gasteiger charge is -2.16. The Morgan fingerprint density at radius 3 is 2.27 bits per heavy atom. The Balaban J connectivity index is 1.78. The third-order valence-electron chi connectivity index (χ3n) is 4.44. The van der Waals surface area contributed by atoms with Crippen molar-refractivity contribution in [2.24, 2.45) is 5.92 Å². The van der Waals surface area contributed by atoms with Gasteiger partial charge in [-0.2, -0.15) is 0 Å². The van der Waals surface area contributed by atoms with Crippen LogP contribution >= 0.6 is 0 Å². The smallest absolute Gasteiger partial charge is 0.163 e. The number of likely N-dealkylation sites (tertiary alicyclic amines) is 1. The van der Waals surface area contributed by atoms with E-state index in [1.54, 1.807) is 0 Å². The summed E-state index contributed by atoms with van der Waals surface area (Å²) in [6.07, 6.45) is 0. The zero-order valence-corrected chi connectivity index (χ0v) is 12.6. The second-order valence-corrected chi connectivity index (χ2v) is 5.93. The zero-order valence-electron chi connectivity index (χ0n) is 12.6. The molecule has 1 aliphatic heterocycles. The molecule has 0 unspecified atom stereocenters. The average Bonchev–Trinajstić information content (AvgIpc) is 3.00. The van der Waals surface area contributed by atoms with Crippen LogP contribution in [0.1, 0.15) is 17.0 Å². The zero-order chi connectivity index (χ0) is 15.4. The highest BCUT2D eigenvalue weighted by Crippen LogP contribution is 2.33. The Morgan fingerprint density at radius 2 is 1.64 bits per heavy atom. The monoisotopic (exact) mass is 295 g/mol. The van der Waals surface area contributed by atoms with Crippen molar-refractivity contribution in [1.29, 1.82) is 0 Å². The first-order valence-corrected chi connectivity index (χ1v) is 7.72. The summed E-state index contributed by atoms with van der Waals surface area (Å²) in [5.41, 5.74) is 2.44. The molecule has 1 aliphatic rings. The highest BCUT2D eigenvalue weighted by Gasteiger charge is 2.37. The first-order valence-electron chi connectivity index (χ1n) is 7.72. The van der Waals surface area contributed by atoms with Gasteiger partial charge in [0.15, 0.2) is 5.78 Å². The molecule has 0 aromatic heterocycles. The molecule has 2 atom stereocenters. The number of aliphatic hydroxyl groups excluding tert-OH is 1. The van der Waals surface area contributed by atoms with Gasteiger partial charge in [0, 0.05) is 31.5 Å². The lowest BCUT2D eigenvalue weighted by atomic mass is 9.86. The molecule has 114 valence electrons. The van der Waals surface area contributed by atoms with Crippen LogP contribution < -0.4 is 0 Å². The molecule has 3 rings (SSSR count). The van der Waals surface area contributed by atoms with Gasteiger partial charge in [0.25, 0.3) is 0 Å². The standard InChI is InChI=1S/C19H21NO2/c21-14-19(22)18-13-20(11-15-7-3-1-4-8-15)12-17(18)16-9-5-2-6-10-16/h1-10,17-18,21H,11-14H2/t17-,18+/m0/s1. The molecule has 1 saturated heterocycles. The van der Waals surface area contributed by atoms with Gasteiger partial charge in [-0.3, -0.25) is 9.69 Å². The number of rotatable bonds is 5. The normalized spacial score (nSPS) is 21.9. The van der Waals surface area contributed by atoms with Gasteiger partial charge >= 0.3 is 0 Å². The van der Waals surface area contributed by atoms with Crippen molar-refractivity contribution < 1.29 is 9.90 Å². The predicted octanol–water partition coefficient (Wildman–Crippen LogP) is 2.46. The number of aliphatic hydroxyl groups is 1. The van der Waals surface area contributed by atoms with E-state index < -0.39 is 0 Å². The van der Waals surface area contributed by atoms with Crippen LogP contribution in [-0.2, 0) is 11.3 Å². The number of Topliss-reactive ketones (excluding diaryl/α,β-unsaturated/α-hetero) is 1. The fourth-order valence-corrected chi connectivity index (χ4v) is 3.34. The third kappa shape index (κ3) is 3.26. The van der Waals surface area contributed by atoms with Crippen molar-refractivity contribution in [3.05, 3.63) is 71.8 Å². The summed E-state index contributed by atoms with van der Waals surface area (Å²) >= 11 is 0. The Labute approximate surface area is 131 Å². The quantitative estimate of drug-likeness (QED) is 0.921. The van der Waals surface area contributed by atoms with E-state index in [0.717, 1.165) is 13.1 Å². The second-order valence-electron chi connectivity index (χ2n) is 5.93. The summed E-state index contributed by atoms with van der Waals surface area (Å²) in [4.78, 5) is 14.4. The van der Waals surface area contributed by atoms with Crippen LogP contribution in [0.2, 0.25) is 0 Å². The van der Waals surface area contributed by atoms with E-state index >= 15 is 0 Å². The predicted molar refractivity (Wildman–Crippen MR) is 86.5 cm³/mol. The Morgan fingerprint density at radius 1 is 1.00 bits per heavy atom. The van der Waals surface area contributed by atoms with E-state index in [-0.39, 0.29) is 24.2 Å². The van der Waals surface area contributed by atoms with E-state index in [1.165, 1.54) is 11.1 Å². The molecule has 3 nitrogen and oxygen atoms in total. The SMILES string of the molecule is O=C(CO)[C@@H]1CN(Cc2ccccc2)C[C@H]1c1ccccc1. The third-order valence-corrected chi connectivity index (χ3v) is 4.44. The summed E-state index contributed by atoms with van der Waals surface area (Å²) in [7, 11) is 0. The van der Waals surface area contributed by atoms with E-state index in [1.807, 2.05) is 36.4 Å². The number of carbonyl (C=O) groups is 1. The summed E-state index contributed by atoms with van der Waals surface area (Å²) in [6.45, 7) is 2.05. The summed E-state index contributed by atoms with van der Waals surface area (Å²) in [5, 5.41) is 9.27. The molecule has 1 N–H and O–H groups in total. The topological polar surface area (TPSA) is 40.5 Å². The van der Waals surface area contributed by atoms with Crippen molar-refractivity contribution in [3.63, 3.8) is 0 Å². The van der Waals surface area contributed by atoms with Gasteiger partial charge in [0.1, 0.15) is 6.61 Å². The van der Waals surface area contributed by atoms with Gasteiger partial charge in [-0.1, -0.05) is 60.7 Å². The molecule has 0 bridgehead atoms. The van der Waals surface area contributed by atoms with E-state index in [9.17, 15) is 9.90 Å². The lowest BCUT2D eigenvalue weighted by molar-refractivity contribution is -0.125. The number of hydrogen-bond acceptors (Lipinski definition) is 3. The summed E-state index contributed by atoms with van der Waals surface area (Å²) in [5.74, 6) is 0.00471. The molecular formula is C19H21NO2. The van der Waals surface area contributed by atoms with E-state index in [0.29, 0.717) is 6.54 Å². The Hall–Kier alpha value is -1.97. The highest BCUT2D eigenvalue weighted by atomic mass is 16.3. The first kappa shape index (κ1) is 14.9. The summed E-state index contributed by atoms with van der Waals surface area (Å²) in [6, 6.07) is 20.5. The number of benzene rings is 2. The Kier molecular flexibility index (Phi) is 4.66. The molecule has 22 heavy (non-hydrogen) atoms. The minimum atomic E-state index is -0.368. The fourth-order valence-electron chi connectivity index (χ4n) is 3.34. The maximum absolute atomic E-state index is 12.1. The Bertz CT molecular complexity index is 612. The van der Waals surface area contributed by atoms with Crippen LogP contribution in [-0.4, -0.2) is 35.5 Å². The highest BCUT2D eigenvalue weighted by molar-refractivity contribution is 5.83. The number of ketones is 1.